The molecule has 0 unspecified atom stereocenters. The first-order chi connectivity index (χ1) is 13.1. The lowest BCUT2D eigenvalue weighted by Crippen LogP contribution is -2.32. The number of hydrogen-bond acceptors (Lipinski definition) is 3. The van der Waals surface area contributed by atoms with Crippen LogP contribution in [0, 0.1) is 13.8 Å². The van der Waals surface area contributed by atoms with Gasteiger partial charge in [0, 0.05) is 30.2 Å². The minimum Gasteiger partial charge on any atom is -0.395 e. The molecule has 1 aliphatic carbocycles. The van der Waals surface area contributed by atoms with Gasteiger partial charge in [-0.05, 0) is 62.7 Å². The zero-order valence-electron chi connectivity index (χ0n) is 16.1. The van der Waals surface area contributed by atoms with Gasteiger partial charge in [-0.2, -0.15) is 0 Å². The molecule has 0 amide bonds. The van der Waals surface area contributed by atoms with Gasteiger partial charge in [0.1, 0.15) is 0 Å². The van der Waals surface area contributed by atoms with E-state index in [1.54, 1.807) is 0 Å². The van der Waals surface area contributed by atoms with Crippen LogP contribution in [0.4, 0.5) is 0 Å². The molecule has 2 aromatic heterocycles. The molecule has 144 valence electrons. The fourth-order valence-electron chi connectivity index (χ4n) is 4.92. The molecule has 0 bridgehead atoms. The van der Waals surface area contributed by atoms with Gasteiger partial charge in [0.05, 0.1) is 24.4 Å². The third-order valence-corrected chi connectivity index (χ3v) is 6.42. The van der Waals surface area contributed by atoms with E-state index in [9.17, 15) is 5.11 Å². The molecule has 2 aliphatic rings. The van der Waals surface area contributed by atoms with Gasteiger partial charge in [-0.15, -0.1) is 0 Å². The van der Waals surface area contributed by atoms with Crippen LogP contribution in [0.2, 0.25) is 0 Å². The number of rotatable bonds is 5. The van der Waals surface area contributed by atoms with Crippen LogP contribution in [0.3, 0.4) is 0 Å². The summed E-state index contributed by atoms with van der Waals surface area (Å²) in [5.41, 5.74) is 4.91. The Morgan fingerprint density at radius 3 is 2.70 bits per heavy atom. The number of aryl methyl sites for hydroxylation is 1. The predicted molar refractivity (Wildman–Crippen MR) is 111 cm³/mol. The maximum atomic E-state index is 9.62. The number of thiocarbonyl (C=S) groups is 1. The van der Waals surface area contributed by atoms with E-state index in [2.05, 4.69) is 39.7 Å². The van der Waals surface area contributed by atoms with Gasteiger partial charge in [-0.25, -0.2) is 0 Å². The van der Waals surface area contributed by atoms with E-state index >= 15 is 0 Å². The first-order valence-electron chi connectivity index (χ1n) is 9.89. The van der Waals surface area contributed by atoms with Gasteiger partial charge in [-0.3, -0.25) is 4.98 Å². The van der Waals surface area contributed by atoms with Crippen molar-refractivity contribution in [2.45, 2.75) is 57.7 Å². The first-order valence-corrected chi connectivity index (χ1v) is 10.3. The van der Waals surface area contributed by atoms with Gasteiger partial charge in [0.15, 0.2) is 5.11 Å². The summed E-state index contributed by atoms with van der Waals surface area (Å²) in [4.78, 5) is 6.70. The molecular formula is C21H28N4OS. The average molecular weight is 385 g/mol. The highest BCUT2D eigenvalue weighted by Crippen LogP contribution is 2.42. The van der Waals surface area contributed by atoms with Crippen molar-refractivity contribution in [2.24, 2.45) is 0 Å². The zero-order valence-corrected chi connectivity index (χ0v) is 16.9. The molecule has 0 radical (unpaired) electrons. The summed E-state index contributed by atoms with van der Waals surface area (Å²) in [7, 11) is 0. The van der Waals surface area contributed by atoms with Gasteiger partial charge in [-0.1, -0.05) is 18.9 Å². The van der Waals surface area contributed by atoms with E-state index in [4.69, 9.17) is 12.2 Å². The number of aromatic nitrogens is 2. The van der Waals surface area contributed by atoms with Crippen molar-refractivity contribution in [3.05, 3.63) is 53.1 Å². The van der Waals surface area contributed by atoms with Gasteiger partial charge < -0.3 is 19.9 Å². The average Bonchev–Trinajstić information content (AvgIpc) is 3.36. The highest BCUT2D eigenvalue weighted by atomic mass is 32.1. The molecule has 1 saturated carbocycles. The molecule has 1 saturated heterocycles. The third-order valence-electron chi connectivity index (χ3n) is 6.07. The lowest BCUT2D eigenvalue weighted by atomic mass is 9.97. The second-order valence-corrected chi connectivity index (χ2v) is 8.07. The van der Waals surface area contributed by atoms with Crippen LogP contribution in [-0.2, 0) is 0 Å². The second kappa shape index (κ2) is 7.60. The van der Waals surface area contributed by atoms with Gasteiger partial charge >= 0.3 is 0 Å². The molecule has 2 N–H and O–H groups in total. The molecule has 2 aromatic rings. The molecule has 6 heteroatoms. The van der Waals surface area contributed by atoms with Crippen molar-refractivity contribution in [2.75, 3.05) is 13.2 Å². The van der Waals surface area contributed by atoms with E-state index in [0.717, 1.165) is 5.69 Å². The van der Waals surface area contributed by atoms with Crippen LogP contribution in [0.25, 0.3) is 0 Å². The van der Waals surface area contributed by atoms with Crippen molar-refractivity contribution in [1.82, 2.24) is 19.8 Å². The van der Waals surface area contributed by atoms with Crippen molar-refractivity contribution in [3.63, 3.8) is 0 Å². The monoisotopic (exact) mass is 384 g/mol. The summed E-state index contributed by atoms with van der Waals surface area (Å²) < 4.78 is 2.52. The van der Waals surface area contributed by atoms with Crippen LogP contribution >= 0.6 is 12.2 Å². The number of pyridine rings is 1. The zero-order chi connectivity index (χ0) is 19.0. The van der Waals surface area contributed by atoms with E-state index in [-0.39, 0.29) is 18.7 Å². The Bertz CT molecular complexity index is 813. The molecule has 0 spiro atoms. The second-order valence-electron chi connectivity index (χ2n) is 7.68. The van der Waals surface area contributed by atoms with E-state index in [0.29, 0.717) is 17.7 Å². The summed E-state index contributed by atoms with van der Waals surface area (Å²) in [5.74, 6) is 0. The number of β-amino-alcohol motifs (C(OH)–C–C–N with tert-alkyl or cyclic N) is 1. The molecule has 0 aromatic carbocycles. The van der Waals surface area contributed by atoms with E-state index in [1.807, 2.05) is 24.4 Å². The maximum Gasteiger partial charge on any atom is 0.170 e. The van der Waals surface area contributed by atoms with Crippen LogP contribution in [-0.4, -0.2) is 37.8 Å². The lowest BCUT2D eigenvalue weighted by molar-refractivity contribution is 0.222. The summed E-state index contributed by atoms with van der Waals surface area (Å²) in [6, 6.07) is 8.95. The molecule has 27 heavy (non-hydrogen) atoms. The Morgan fingerprint density at radius 2 is 2.04 bits per heavy atom. The molecule has 5 nitrogen and oxygen atoms in total. The van der Waals surface area contributed by atoms with Gasteiger partial charge in [0.25, 0.3) is 0 Å². The molecule has 3 heterocycles. The number of hydrogen-bond donors (Lipinski definition) is 2. The maximum absolute atomic E-state index is 9.62. The minimum atomic E-state index is -0.0113. The fourth-order valence-corrected chi connectivity index (χ4v) is 5.25. The van der Waals surface area contributed by atoms with Crippen molar-refractivity contribution in [3.8, 4) is 0 Å². The highest BCUT2D eigenvalue weighted by molar-refractivity contribution is 7.80. The Hall–Kier alpha value is -1.92. The predicted octanol–water partition coefficient (Wildman–Crippen LogP) is 3.58. The number of nitrogens with one attached hydrogen (secondary N) is 1. The van der Waals surface area contributed by atoms with Crippen LogP contribution < -0.4 is 5.32 Å². The fraction of sp³-hybridized carbons (Fsp3) is 0.524. The third kappa shape index (κ3) is 3.25. The molecule has 4 rings (SSSR count). The van der Waals surface area contributed by atoms with E-state index in [1.165, 1.54) is 42.6 Å². The first kappa shape index (κ1) is 18.4. The van der Waals surface area contributed by atoms with Crippen molar-refractivity contribution >= 4 is 17.3 Å². The molecule has 2 atom stereocenters. The quantitative estimate of drug-likeness (QED) is 0.772. The Labute approximate surface area is 166 Å². The number of aliphatic hydroxyl groups excluding tert-OH is 1. The Balaban J connectivity index is 1.78. The van der Waals surface area contributed by atoms with Crippen LogP contribution in [0.15, 0.2) is 30.5 Å². The standard InChI is InChI=1S/C21H28N4OS/c1-14-13-17(15(2)25(14)16-7-3-4-8-16)20-19(18-9-5-6-10-22-18)23-21(27)24(20)11-12-26/h5-6,9-10,13,16,19-20,26H,3-4,7-8,11-12H2,1-2H3,(H,23,27)/t19-,20+/m0/s1. The minimum absolute atomic E-state index is 0.0113. The summed E-state index contributed by atoms with van der Waals surface area (Å²) in [6.45, 7) is 5.04. The summed E-state index contributed by atoms with van der Waals surface area (Å²) >= 11 is 5.62. The Morgan fingerprint density at radius 1 is 1.26 bits per heavy atom. The highest BCUT2D eigenvalue weighted by Gasteiger charge is 2.41. The van der Waals surface area contributed by atoms with E-state index < -0.39 is 0 Å². The largest absolute Gasteiger partial charge is 0.395 e. The summed E-state index contributed by atoms with van der Waals surface area (Å²) in [5, 5.41) is 13.8. The van der Waals surface area contributed by atoms with Gasteiger partial charge in [0.2, 0.25) is 0 Å². The van der Waals surface area contributed by atoms with Crippen LogP contribution in [0.5, 0.6) is 0 Å². The molecular weight excluding hydrogens is 356 g/mol. The van der Waals surface area contributed by atoms with Crippen molar-refractivity contribution in [1.29, 1.82) is 0 Å². The number of aliphatic hydroxyl groups is 1. The SMILES string of the molecule is Cc1cc([C@@H]2[C@H](c3ccccn3)NC(=S)N2CCO)c(C)n1C1CCCC1. The summed E-state index contributed by atoms with van der Waals surface area (Å²) in [6.07, 6.45) is 6.99. The molecule has 1 aliphatic heterocycles. The number of nitrogens with zero attached hydrogens (tertiary/aromatic N) is 3. The van der Waals surface area contributed by atoms with Crippen LogP contribution in [0.1, 0.15) is 66.5 Å². The smallest absolute Gasteiger partial charge is 0.170 e. The van der Waals surface area contributed by atoms with Crippen molar-refractivity contribution < 1.29 is 5.11 Å². The lowest BCUT2D eigenvalue weighted by Gasteiger charge is -2.28. The molecule has 2 fully saturated rings. The normalized spacial score (nSPS) is 23.2. The topological polar surface area (TPSA) is 53.3 Å². The Kier molecular flexibility index (Phi) is 5.19.